The monoisotopic (exact) mass is 431 g/mol. The van der Waals surface area contributed by atoms with Crippen molar-refractivity contribution in [3.8, 4) is 0 Å². The third-order valence-corrected chi connectivity index (χ3v) is 6.77. The number of rotatable bonds is 6. The molecule has 160 valence electrons. The van der Waals surface area contributed by atoms with E-state index in [0.717, 1.165) is 4.31 Å². The summed E-state index contributed by atoms with van der Waals surface area (Å²) in [6.45, 7) is 3.47. The van der Waals surface area contributed by atoms with Gasteiger partial charge < -0.3 is 15.0 Å². The number of morpholine rings is 1. The van der Waals surface area contributed by atoms with E-state index >= 15 is 0 Å². The van der Waals surface area contributed by atoms with Crippen LogP contribution in [0.15, 0.2) is 53.4 Å². The summed E-state index contributed by atoms with van der Waals surface area (Å²) >= 11 is 0. The maximum atomic E-state index is 12.8. The van der Waals surface area contributed by atoms with Crippen LogP contribution in [0.25, 0.3) is 0 Å². The van der Waals surface area contributed by atoms with E-state index < -0.39 is 15.9 Å². The highest BCUT2D eigenvalue weighted by molar-refractivity contribution is 7.89. The fourth-order valence-corrected chi connectivity index (χ4v) is 4.34. The molecule has 0 spiro atoms. The molecule has 0 unspecified atom stereocenters. The molecule has 2 aromatic rings. The molecule has 2 aromatic carbocycles. The van der Waals surface area contributed by atoms with Crippen LogP contribution in [0.1, 0.15) is 15.9 Å². The van der Waals surface area contributed by atoms with Crippen molar-refractivity contribution in [1.82, 2.24) is 9.21 Å². The molecule has 9 heteroatoms. The number of ether oxygens (including phenoxy) is 1. The Hall–Kier alpha value is -2.75. The Morgan fingerprint density at radius 1 is 1.07 bits per heavy atom. The van der Waals surface area contributed by atoms with Crippen molar-refractivity contribution in [2.75, 3.05) is 45.2 Å². The highest BCUT2D eigenvalue weighted by atomic mass is 32.2. The number of hydrogen-bond donors (Lipinski definition) is 1. The number of benzene rings is 2. The van der Waals surface area contributed by atoms with Crippen LogP contribution in [-0.2, 0) is 19.6 Å². The molecule has 0 aromatic heterocycles. The Morgan fingerprint density at radius 3 is 2.40 bits per heavy atom. The lowest BCUT2D eigenvalue weighted by Gasteiger charge is -2.27. The minimum atomic E-state index is -3.77. The lowest BCUT2D eigenvalue weighted by atomic mass is 10.0. The van der Waals surface area contributed by atoms with Crippen molar-refractivity contribution in [2.45, 2.75) is 11.8 Å². The minimum absolute atomic E-state index is 0.115. The summed E-state index contributed by atoms with van der Waals surface area (Å²) in [4.78, 5) is 27.1. The van der Waals surface area contributed by atoms with Gasteiger partial charge in [0.1, 0.15) is 0 Å². The zero-order valence-electron chi connectivity index (χ0n) is 17.0. The number of anilines is 1. The lowest BCUT2D eigenvalue weighted by Crippen LogP contribution is -2.41. The van der Waals surface area contributed by atoms with Crippen LogP contribution < -0.4 is 5.32 Å². The van der Waals surface area contributed by atoms with E-state index in [1.807, 2.05) is 0 Å². The number of carbonyl (C=O) groups is 2. The van der Waals surface area contributed by atoms with Gasteiger partial charge in [0.2, 0.25) is 15.9 Å². The average molecular weight is 432 g/mol. The average Bonchev–Trinajstić information content (AvgIpc) is 2.76. The van der Waals surface area contributed by atoms with Gasteiger partial charge >= 0.3 is 0 Å². The number of carbonyl (C=O) groups excluding carboxylic acids is 2. The van der Waals surface area contributed by atoms with Gasteiger partial charge in [-0.25, -0.2) is 8.42 Å². The fraction of sp³-hybridized carbons (Fsp3) is 0.333. The molecule has 1 N–H and O–H groups in total. The molecule has 1 aliphatic heterocycles. The maximum absolute atomic E-state index is 12.8. The number of likely N-dealkylation sites (N-methyl/N-ethyl adjacent to an activating group) is 1. The van der Waals surface area contributed by atoms with E-state index in [-0.39, 0.29) is 17.3 Å². The third kappa shape index (κ3) is 4.86. The summed E-state index contributed by atoms with van der Waals surface area (Å²) in [7, 11) is -2.42. The second-order valence-electron chi connectivity index (χ2n) is 7.01. The number of sulfonamides is 1. The summed E-state index contributed by atoms with van der Waals surface area (Å²) in [5.41, 5.74) is 1.61. The van der Waals surface area contributed by atoms with E-state index in [4.69, 9.17) is 4.74 Å². The number of amides is 2. The molecule has 0 radical (unpaired) electrons. The summed E-state index contributed by atoms with van der Waals surface area (Å²) in [5, 5.41) is 2.72. The van der Waals surface area contributed by atoms with Crippen LogP contribution in [0, 0.1) is 6.92 Å². The van der Waals surface area contributed by atoms with Gasteiger partial charge in [-0.2, -0.15) is 4.31 Å². The molecule has 0 atom stereocenters. The largest absolute Gasteiger partial charge is 0.378 e. The molecule has 1 heterocycles. The molecular weight excluding hydrogens is 406 g/mol. The SMILES string of the molecule is Cc1c(NC(=O)CN(C)S(=O)(=O)c2ccccc2)cccc1C(=O)N1CCOCC1. The summed E-state index contributed by atoms with van der Waals surface area (Å²) in [5.74, 6) is -0.605. The molecule has 30 heavy (non-hydrogen) atoms. The molecular formula is C21H25N3O5S. The molecule has 3 rings (SSSR count). The zero-order valence-corrected chi connectivity index (χ0v) is 17.8. The first-order chi connectivity index (χ1) is 14.3. The lowest BCUT2D eigenvalue weighted by molar-refractivity contribution is -0.116. The van der Waals surface area contributed by atoms with Crippen LogP contribution >= 0.6 is 0 Å². The molecule has 1 fully saturated rings. The number of nitrogens with zero attached hydrogens (tertiary/aromatic N) is 2. The third-order valence-electron chi connectivity index (χ3n) is 4.95. The first-order valence-electron chi connectivity index (χ1n) is 9.58. The van der Waals surface area contributed by atoms with Gasteiger partial charge in [0.15, 0.2) is 0 Å². The van der Waals surface area contributed by atoms with Crippen LogP contribution in [-0.4, -0.2) is 69.3 Å². The predicted octanol–water partition coefficient (Wildman–Crippen LogP) is 1.73. The highest BCUT2D eigenvalue weighted by Gasteiger charge is 2.24. The van der Waals surface area contributed by atoms with Crippen molar-refractivity contribution >= 4 is 27.5 Å². The predicted molar refractivity (Wildman–Crippen MR) is 113 cm³/mol. The molecule has 0 saturated carbocycles. The van der Waals surface area contributed by atoms with E-state index in [1.54, 1.807) is 48.2 Å². The Labute approximate surface area is 176 Å². The van der Waals surface area contributed by atoms with Gasteiger partial charge in [0.05, 0.1) is 24.7 Å². The molecule has 1 saturated heterocycles. The van der Waals surface area contributed by atoms with Gasteiger partial charge in [-0.3, -0.25) is 9.59 Å². The minimum Gasteiger partial charge on any atom is -0.378 e. The Balaban J connectivity index is 1.70. The van der Waals surface area contributed by atoms with Crippen molar-refractivity contribution in [1.29, 1.82) is 0 Å². The van der Waals surface area contributed by atoms with Gasteiger partial charge in [-0.05, 0) is 36.8 Å². The van der Waals surface area contributed by atoms with Crippen molar-refractivity contribution < 1.29 is 22.7 Å². The van der Waals surface area contributed by atoms with Crippen LogP contribution in [0.3, 0.4) is 0 Å². The topological polar surface area (TPSA) is 96.0 Å². The number of hydrogen-bond acceptors (Lipinski definition) is 5. The fourth-order valence-electron chi connectivity index (χ4n) is 3.19. The Kier molecular flexibility index (Phi) is 6.86. The second kappa shape index (κ2) is 9.38. The van der Waals surface area contributed by atoms with E-state index in [9.17, 15) is 18.0 Å². The van der Waals surface area contributed by atoms with E-state index in [2.05, 4.69) is 5.32 Å². The van der Waals surface area contributed by atoms with E-state index in [0.29, 0.717) is 43.1 Å². The van der Waals surface area contributed by atoms with Gasteiger partial charge in [0, 0.05) is 31.4 Å². The van der Waals surface area contributed by atoms with Crippen LogP contribution in [0.2, 0.25) is 0 Å². The first-order valence-corrected chi connectivity index (χ1v) is 11.0. The standard InChI is InChI=1S/C21H25N3O5S/c1-16-18(21(26)24-11-13-29-14-12-24)9-6-10-19(16)22-20(25)15-23(2)30(27,28)17-7-4-3-5-8-17/h3-10H,11-15H2,1-2H3,(H,22,25). The maximum Gasteiger partial charge on any atom is 0.254 e. The van der Waals surface area contributed by atoms with Crippen molar-refractivity contribution in [2.24, 2.45) is 0 Å². The summed E-state index contributed by atoms with van der Waals surface area (Å²) in [6, 6.07) is 13.0. The van der Waals surface area contributed by atoms with Crippen molar-refractivity contribution in [3.05, 3.63) is 59.7 Å². The number of nitrogens with one attached hydrogen (secondary N) is 1. The van der Waals surface area contributed by atoms with Crippen LogP contribution in [0.5, 0.6) is 0 Å². The molecule has 2 amide bonds. The quantitative estimate of drug-likeness (QED) is 0.752. The van der Waals surface area contributed by atoms with Gasteiger partial charge in [-0.15, -0.1) is 0 Å². The van der Waals surface area contributed by atoms with Crippen molar-refractivity contribution in [3.63, 3.8) is 0 Å². The Bertz CT molecular complexity index is 1020. The Morgan fingerprint density at radius 2 is 1.73 bits per heavy atom. The second-order valence-corrected chi connectivity index (χ2v) is 9.05. The smallest absolute Gasteiger partial charge is 0.254 e. The van der Waals surface area contributed by atoms with E-state index in [1.165, 1.54) is 19.2 Å². The highest BCUT2D eigenvalue weighted by Crippen LogP contribution is 2.21. The first kappa shape index (κ1) is 21.9. The van der Waals surface area contributed by atoms with Gasteiger partial charge in [-0.1, -0.05) is 24.3 Å². The zero-order chi connectivity index (χ0) is 21.7. The molecule has 0 bridgehead atoms. The summed E-state index contributed by atoms with van der Waals surface area (Å²) in [6.07, 6.45) is 0. The van der Waals surface area contributed by atoms with Gasteiger partial charge in [0.25, 0.3) is 5.91 Å². The summed E-state index contributed by atoms with van der Waals surface area (Å²) < 4.78 is 31.5. The molecule has 1 aliphatic rings. The van der Waals surface area contributed by atoms with Crippen LogP contribution in [0.4, 0.5) is 5.69 Å². The molecule has 8 nitrogen and oxygen atoms in total. The normalized spacial score (nSPS) is 14.6. The molecule has 0 aliphatic carbocycles.